The molecule has 0 aliphatic heterocycles. The number of aromatic nitrogens is 2. The quantitative estimate of drug-likeness (QED) is 0.710. The van der Waals surface area contributed by atoms with Crippen LogP contribution in [0.15, 0.2) is 16.7 Å². The summed E-state index contributed by atoms with van der Waals surface area (Å²) in [4.78, 5) is 0. The lowest BCUT2D eigenvalue weighted by molar-refractivity contribution is 0.562. The van der Waals surface area contributed by atoms with Gasteiger partial charge in [-0.3, -0.25) is 4.68 Å². The van der Waals surface area contributed by atoms with Gasteiger partial charge in [-0.05, 0) is 26.8 Å². The molecule has 1 aromatic heterocycles. The van der Waals surface area contributed by atoms with Crippen LogP contribution in [0.5, 0.6) is 0 Å². The highest BCUT2D eigenvalue weighted by atomic mass is 32.2. The van der Waals surface area contributed by atoms with Gasteiger partial charge in [-0.25, -0.2) is 8.42 Å². The second-order valence-corrected chi connectivity index (χ2v) is 6.62. The molecule has 0 aliphatic rings. The van der Waals surface area contributed by atoms with E-state index in [2.05, 4.69) is 9.50 Å². The van der Waals surface area contributed by atoms with Crippen molar-refractivity contribution >= 4 is 16.2 Å². The highest BCUT2D eigenvalue weighted by molar-refractivity contribution is 7.91. The van der Waals surface area contributed by atoms with Gasteiger partial charge in [0.25, 0.3) is 10.0 Å². The molecule has 0 unspecified atom stereocenters. The topological polar surface area (TPSA) is 64.3 Å². The molecule has 0 fully saturated rings. The fourth-order valence-corrected chi connectivity index (χ4v) is 1.35. The van der Waals surface area contributed by atoms with E-state index >= 15 is 0 Å². The van der Waals surface area contributed by atoms with Crippen LogP contribution in [0.25, 0.3) is 0 Å². The number of nitrogens with zero attached hydrogens (tertiary/aromatic N) is 3. The predicted molar refractivity (Wildman–Crippen MR) is 59.5 cm³/mol. The van der Waals surface area contributed by atoms with Gasteiger partial charge in [-0.2, -0.15) is 9.50 Å². The molecule has 15 heavy (non-hydrogen) atoms. The molecule has 0 radical (unpaired) electrons. The summed E-state index contributed by atoms with van der Waals surface area (Å²) >= 11 is 0. The van der Waals surface area contributed by atoms with Gasteiger partial charge in [0.2, 0.25) is 0 Å². The van der Waals surface area contributed by atoms with E-state index in [0.29, 0.717) is 5.69 Å². The third-order valence-electron chi connectivity index (χ3n) is 1.83. The predicted octanol–water partition coefficient (Wildman–Crippen LogP) is 0.967. The first-order valence-corrected chi connectivity index (χ1v) is 5.96. The molecule has 0 atom stereocenters. The van der Waals surface area contributed by atoms with Gasteiger partial charge in [-0.1, -0.05) is 0 Å². The molecule has 1 aromatic rings. The van der Waals surface area contributed by atoms with E-state index < -0.39 is 14.8 Å². The van der Waals surface area contributed by atoms with Gasteiger partial charge >= 0.3 is 0 Å². The Labute approximate surface area is 89.9 Å². The van der Waals surface area contributed by atoms with E-state index in [4.69, 9.17) is 0 Å². The van der Waals surface area contributed by atoms with Gasteiger partial charge in [0.15, 0.2) is 0 Å². The van der Waals surface area contributed by atoms with Crippen LogP contribution in [0.1, 0.15) is 26.5 Å². The second kappa shape index (κ2) is 3.77. The van der Waals surface area contributed by atoms with Crippen molar-refractivity contribution in [2.24, 2.45) is 11.4 Å². The van der Waals surface area contributed by atoms with Gasteiger partial charge in [0.05, 0.1) is 11.0 Å². The Kier molecular flexibility index (Phi) is 2.99. The van der Waals surface area contributed by atoms with Crippen LogP contribution in [0.4, 0.5) is 0 Å². The lowest BCUT2D eigenvalue weighted by Gasteiger charge is -2.14. The summed E-state index contributed by atoms with van der Waals surface area (Å²) in [6, 6.07) is 1.70. The highest BCUT2D eigenvalue weighted by Gasteiger charge is 2.27. The lowest BCUT2D eigenvalue weighted by atomic mass is 10.3. The molecule has 6 heteroatoms. The second-order valence-electron chi connectivity index (χ2n) is 4.24. The minimum absolute atomic E-state index is 0.533. The molecule has 1 heterocycles. The SMILES string of the molecule is Cn1ccc(C=NS(=O)(=O)C(C)(C)C)n1. The third-order valence-corrected chi connectivity index (χ3v) is 3.76. The Balaban J connectivity index is 2.92. The first kappa shape index (κ1) is 11.9. The molecule has 0 saturated heterocycles. The number of rotatable bonds is 2. The molecule has 0 aliphatic carbocycles. The van der Waals surface area contributed by atoms with E-state index in [1.807, 2.05) is 0 Å². The Morgan fingerprint density at radius 1 is 1.47 bits per heavy atom. The summed E-state index contributed by atoms with van der Waals surface area (Å²) in [7, 11) is -1.71. The van der Waals surface area contributed by atoms with Crippen molar-refractivity contribution < 1.29 is 8.42 Å². The molecule has 0 bridgehead atoms. The lowest BCUT2D eigenvalue weighted by Crippen LogP contribution is -2.25. The normalized spacial score (nSPS) is 13.6. The highest BCUT2D eigenvalue weighted by Crippen LogP contribution is 2.16. The van der Waals surface area contributed by atoms with Gasteiger partial charge in [-0.15, -0.1) is 0 Å². The summed E-state index contributed by atoms with van der Waals surface area (Å²) in [5.41, 5.74) is 0.533. The summed E-state index contributed by atoms with van der Waals surface area (Å²) in [6.07, 6.45) is 2.99. The van der Waals surface area contributed by atoms with Crippen molar-refractivity contribution in [1.29, 1.82) is 0 Å². The van der Waals surface area contributed by atoms with E-state index in [9.17, 15) is 8.42 Å². The number of hydrogen-bond acceptors (Lipinski definition) is 3. The van der Waals surface area contributed by atoms with E-state index in [0.717, 1.165) is 0 Å². The van der Waals surface area contributed by atoms with Gasteiger partial charge < -0.3 is 0 Å². The fourth-order valence-electron chi connectivity index (χ4n) is 0.783. The van der Waals surface area contributed by atoms with Crippen molar-refractivity contribution in [2.75, 3.05) is 0 Å². The molecule has 5 nitrogen and oxygen atoms in total. The fraction of sp³-hybridized carbons (Fsp3) is 0.556. The maximum Gasteiger partial charge on any atom is 0.258 e. The Morgan fingerprint density at radius 2 is 2.07 bits per heavy atom. The Hall–Kier alpha value is -1.17. The van der Waals surface area contributed by atoms with Crippen LogP contribution < -0.4 is 0 Å². The monoisotopic (exact) mass is 229 g/mol. The van der Waals surface area contributed by atoms with Crippen molar-refractivity contribution in [2.45, 2.75) is 25.5 Å². The van der Waals surface area contributed by atoms with Crippen LogP contribution in [0.2, 0.25) is 0 Å². The van der Waals surface area contributed by atoms with E-state index in [1.165, 1.54) is 6.21 Å². The smallest absolute Gasteiger partial charge is 0.258 e. The molecule has 0 saturated carbocycles. The molecule has 0 spiro atoms. The summed E-state index contributed by atoms with van der Waals surface area (Å²) in [6.45, 7) is 4.83. The average molecular weight is 229 g/mol. The van der Waals surface area contributed by atoms with Gasteiger partial charge in [0, 0.05) is 13.2 Å². The first-order valence-electron chi connectivity index (χ1n) is 4.52. The number of hydrogen-bond donors (Lipinski definition) is 0. The zero-order valence-electron chi connectivity index (χ0n) is 9.30. The van der Waals surface area contributed by atoms with Crippen LogP contribution >= 0.6 is 0 Å². The molecular weight excluding hydrogens is 214 g/mol. The Bertz CT molecular complexity index is 466. The summed E-state index contributed by atoms with van der Waals surface area (Å²) < 4.78 is 27.5. The summed E-state index contributed by atoms with van der Waals surface area (Å²) in [5.74, 6) is 0. The van der Waals surface area contributed by atoms with Crippen molar-refractivity contribution in [1.82, 2.24) is 9.78 Å². The largest absolute Gasteiger partial charge is 0.275 e. The maximum absolute atomic E-state index is 11.6. The number of aryl methyl sites for hydroxylation is 1. The third kappa shape index (κ3) is 2.89. The zero-order valence-corrected chi connectivity index (χ0v) is 10.1. The maximum atomic E-state index is 11.6. The average Bonchev–Trinajstić information content (AvgIpc) is 2.46. The van der Waals surface area contributed by atoms with Crippen molar-refractivity contribution in [3.8, 4) is 0 Å². The van der Waals surface area contributed by atoms with Crippen molar-refractivity contribution in [3.63, 3.8) is 0 Å². The number of sulfonamides is 1. The molecule has 84 valence electrons. The zero-order chi connectivity index (χ0) is 11.7. The molecule has 1 rings (SSSR count). The van der Waals surface area contributed by atoms with Crippen LogP contribution in [-0.2, 0) is 17.1 Å². The van der Waals surface area contributed by atoms with Crippen molar-refractivity contribution in [3.05, 3.63) is 18.0 Å². The van der Waals surface area contributed by atoms with Crippen LogP contribution in [0.3, 0.4) is 0 Å². The molecule has 0 N–H and O–H groups in total. The standard InChI is InChI=1S/C9H15N3O2S/c1-9(2,3)15(13,14)10-7-8-5-6-12(4)11-8/h5-7H,1-4H3. The van der Waals surface area contributed by atoms with E-state index in [-0.39, 0.29) is 0 Å². The van der Waals surface area contributed by atoms with Gasteiger partial charge in [0.1, 0.15) is 5.69 Å². The summed E-state index contributed by atoms with van der Waals surface area (Å²) in [5, 5.41) is 4.00. The Morgan fingerprint density at radius 3 is 2.47 bits per heavy atom. The first-order chi connectivity index (χ1) is 6.72. The minimum Gasteiger partial charge on any atom is -0.275 e. The molecular formula is C9H15N3O2S. The van der Waals surface area contributed by atoms with Crippen LogP contribution in [0, 0.1) is 0 Å². The minimum atomic E-state index is -3.47. The van der Waals surface area contributed by atoms with E-state index in [1.54, 1.807) is 44.8 Å². The molecule has 0 aromatic carbocycles. The van der Waals surface area contributed by atoms with Crippen LogP contribution in [-0.4, -0.2) is 29.2 Å². The molecule has 0 amide bonds.